The molecule has 8 nitrogen and oxygen atoms in total. The summed E-state index contributed by atoms with van der Waals surface area (Å²) in [6, 6.07) is 10.1. The van der Waals surface area contributed by atoms with Crippen LogP contribution in [0.25, 0.3) is 16.9 Å². The van der Waals surface area contributed by atoms with E-state index in [0.29, 0.717) is 27.8 Å². The molecule has 1 fully saturated rings. The van der Waals surface area contributed by atoms with Crippen molar-refractivity contribution in [3.63, 3.8) is 0 Å². The molecule has 1 aliphatic heterocycles. The second kappa shape index (κ2) is 8.17. The molecule has 9 heteroatoms. The number of anilines is 2. The first kappa shape index (κ1) is 22.2. The van der Waals surface area contributed by atoms with Crippen molar-refractivity contribution < 1.29 is 0 Å². The molecule has 180 valence electrons. The first-order chi connectivity index (χ1) is 16.8. The lowest BCUT2D eigenvalue weighted by Gasteiger charge is -2.20. The van der Waals surface area contributed by atoms with E-state index in [1.165, 1.54) is 11.1 Å². The fraction of sp³-hybridized carbons (Fsp3) is 0.385. The second-order valence-electron chi connectivity index (χ2n) is 10.4. The fourth-order valence-electron chi connectivity index (χ4n) is 4.61. The molecule has 0 saturated heterocycles. The van der Waals surface area contributed by atoms with E-state index in [1.807, 2.05) is 35.0 Å². The molecule has 2 N–H and O–H groups in total. The summed E-state index contributed by atoms with van der Waals surface area (Å²) in [7, 11) is 0. The third kappa shape index (κ3) is 4.00. The number of hydrogen-bond acceptors (Lipinski definition) is 6. The molecule has 0 spiro atoms. The number of fused-ring (bicyclic) bond motifs is 2. The number of benzene rings is 1. The molecule has 1 saturated carbocycles. The highest BCUT2D eigenvalue weighted by molar-refractivity contribution is 6.33. The quantitative estimate of drug-likeness (QED) is 0.433. The van der Waals surface area contributed by atoms with Crippen LogP contribution in [-0.4, -0.2) is 30.9 Å². The van der Waals surface area contributed by atoms with Crippen molar-refractivity contribution in [1.82, 2.24) is 29.6 Å². The van der Waals surface area contributed by atoms with Crippen molar-refractivity contribution in [1.29, 1.82) is 0 Å². The maximum absolute atomic E-state index is 13.4. The Balaban J connectivity index is 1.48. The van der Waals surface area contributed by atoms with Crippen LogP contribution in [0.5, 0.6) is 0 Å². The molecule has 0 bridgehead atoms. The number of halogens is 1. The molecule has 1 aliphatic carbocycles. The summed E-state index contributed by atoms with van der Waals surface area (Å²) in [6.45, 7) is 8.14. The Morgan fingerprint density at radius 3 is 2.74 bits per heavy atom. The summed E-state index contributed by atoms with van der Waals surface area (Å²) in [4.78, 5) is 27.5. The zero-order valence-electron chi connectivity index (χ0n) is 20.1. The molecule has 0 amide bonds. The third-order valence-corrected chi connectivity index (χ3v) is 6.97. The van der Waals surface area contributed by atoms with Gasteiger partial charge in [-0.15, -0.1) is 0 Å². The highest BCUT2D eigenvalue weighted by Gasteiger charge is 2.31. The van der Waals surface area contributed by atoms with Crippen LogP contribution in [0.15, 0.2) is 41.3 Å². The Bertz CT molecular complexity index is 1510. The summed E-state index contributed by atoms with van der Waals surface area (Å²) >= 11 is 6.59. The first-order valence-electron chi connectivity index (χ1n) is 12.1. The van der Waals surface area contributed by atoms with Crippen molar-refractivity contribution in [3.8, 4) is 5.82 Å². The van der Waals surface area contributed by atoms with Gasteiger partial charge < -0.3 is 10.6 Å². The van der Waals surface area contributed by atoms with Gasteiger partial charge in [0.25, 0.3) is 5.56 Å². The van der Waals surface area contributed by atoms with Crippen LogP contribution >= 0.6 is 11.6 Å². The third-order valence-electron chi connectivity index (χ3n) is 6.66. The van der Waals surface area contributed by atoms with Gasteiger partial charge in [-0.3, -0.25) is 4.79 Å². The molecule has 0 atom stereocenters. The van der Waals surface area contributed by atoms with Gasteiger partial charge in [0.1, 0.15) is 5.39 Å². The zero-order chi connectivity index (χ0) is 24.3. The molecule has 6 rings (SSSR count). The number of rotatable bonds is 4. The molecule has 0 unspecified atom stereocenters. The fourth-order valence-corrected chi connectivity index (χ4v) is 4.84. The van der Waals surface area contributed by atoms with Crippen LogP contribution in [0.3, 0.4) is 0 Å². The molecule has 2 aliphatic rings. The van der Waals surface area contributed by atoms with E-state index in [2.05, 4.69) is 36.4 Å². The monoisotopic (exact) mass is 489 g/mol. The van der Waals surface area contributed by atoms with E-state index < -0.39 is 0 Å². The van der Waals surface area contributed by atoms with Crippen molar-refractivity contribution in [2.75, 3.05) is 11.9 Å². The van der Waals surface area contributed by atoms with E-state index in [1.54, 1.807) is 10.9 Å². The smallest absolute Gasteiger partial charge is 0.278 e. The molecule has 35 heavy (non-hydrogen) atoms. The van der Waals surface area contributed by atoms with Crippen LogP contribution < -0.4 is 16.2 Å². The van der Waals surface area contributed by atoms with Gasteiger partial charge in [-0.2, -0.15) is 4.98 Å². The minimum absolute atomic E-state index is 0.0881. The summed E-state index contributed by atoms with van der Waals surface area (Å²) in [6.07, 6.45) is 4.49. The maximum atomic E-state index is 13.4. The van der Waals surface area contributed by atoms with Gasteiger partial charge in [0.15, 0.2) is 11.5 Å². The Morgan fingerprint density at radius 2 is 1.97 bits per heavy atom. The van der Waals surface area contributed by atoms with Crippen LogP contribution in [0, 0.1) is 0 Å². The van der Waals surface area contributed by atoms with Gasteiger partial charge in [0.05, 0.1) is 16.8 Å². The van der Waals surface area contributed by atoms with E-state index in [0.717, 1.165) is 43.7 Å². The largest absolute Gasteiger partial charge is 0.323 e. The Morgan fingerprint density at radius 1 is 1.14 bits per heavy atom. The topological polar surface area (TPSA) is 89.7 Å². The van der Waals surface area contributed by atoms with E-state index in [9.17, 15) is 4.79 Å². The maximum Gasteiger partial charge on any atom is 0.278 e. The Labute approximate surface area is 208 Å². The normalized spacial score (nSPS) is 15.9. The average Bonchev–Trinajstić information content (AvgIpc) is 3.63. The van der Waals surface area contributed by atoms with Gasteiger partial charge in [-0.25, -0.2) is 19.3 Å². The van der Waals surface area contributed by atoms with Crippen LogP contribution in [0.4, 0.5) is 11.6 Å². The van der Waals surface area contributed by atoms with Crippen LogP contribution in [-0.2, 0) is 18.4 Å². The minimum atomic E-state index is -0.122. The number of nitrogens with zero attached hydrogens (tertiary/aromatic N) is 5. The van der Waals surface area contributed by atoms with E-state index in [-0.39, 0.29) is 17.0 Å². The van der Waals surface area contributed by atoms with Crippen molar-refractivity contribution in [2.24, 2.45) is 0 Å². The predicted molar refractivity (Wildman–Crippen MR) is 138 cm³/mol. The first-order valence-corrected chi connectivity index (χ1v) is 12.4. The molecule has 4 heterocycles. The number of pyridine rings is 1. The number of aromatic nitrogens is 5. The highest BCUT2D eigenvalue weighted by atomic mass is 35.5. The molecule has 1 aromatic carbocycles. The highest BCUT2D eigenvalue weighted by Crippen LogP contribution is 2.36. The lowest BCUT2D eigenvalue weighted by molar-refractivity contribution is 0.537. The standard InChI is InChI=1S/C26H28ClN7O/c1-26(2,3)21-5-4-6-22(31-21)34-23-18(24(35)33(34)17-7-8-17)14-29-25(32-23)30-20-12-16-13-28-10-9-15(16)11-19(20)27/h4-6,11-12,14,17,28H,7-10,13H2,1-3H3,(H,29,30,32). The van der Waals surface area contributed by atoms with Crippen LogP contribution in [0.1, 0.15) is 56.5 Å². The van der Waals surface area contributed by atoms with Gasteiger partial charge in [0.2, 0.25) is 5.95 Å². The summed E-state index contributed by atoms with van der Waals surface area (Å²) in [5.41, 5.74) is 4.50. The summed E-state index contributed by atoms with van der Waals surface area (Å²) in [5, 5.41) is 7.77. The summed E-state index contributed by atoms with van der Waals surface area (Å²) < 4.78 is 3.64. The Hall–Kier alpha value is -3.23. The van der Waals surface area contributed by atoms with Gasteiger partial charge >= 0.3 is 0 Å². The minimum Gasteiger partial charge on any atom is -0.323 e. The van der Waals surface area contributed by atoms with Gasteiger partial charge in [-0.1, -0.05) is 38.4 Å². The van der Waals surface area contributed by atoms with Crippen LogP contribution in [0.2, 0.25) is 5.02 Å². The summed E-state index contributed by atoms with van der Waals surface area (Å²) in [5.74, 6) is 1.07. The molecular weight excluding hydrogens is 462 g/mol. The average molecular weight is 490 g/mol. The molecule has 0 radical (unpaired) electrons. The molecule has 4 aromatic rings. The second-order valence-corrected chi connectivity index (χ2v) is 10.8. The van der Waals surface area contributed by atoms with E-state index in [4.69, 9.17) is 21.6 Å². The van der Waals surface area contributed by atoms with Crippen molar-refractivity contribution in [2.45, 2.75) is 58.0 Å². The Kier molecular flexibility index (Phi) is 5.19. The lowest BCUT2D eigenvalue weighted by atomic mass is 9.92. The number of hydrogen-bond donors (Lipinski definition) is 2. The van der Waals surface area contributed by atoms with Gasteiger partial charge in [-0.05, 0) is 61.2 Å². The zero-order valence-corrected chi connectivity index (χ0v) is 20.9. The number of nitrogens with one attached hydrogen (secondary N) is 2. The van der Waals surface area contributed by atoms with Crippen molar-refractivity contribution in [3.05, 3.63) is 68.7 Å². The SMILES string of the molecule is CC(C)(C)c1cccc(-n2c3nc(Nc4cc5c(cc4Cl)CCNC5)ncc3c(=O)n2C2CC2)n1. The predicted octanol–water partition coefficient (Wildman–Crippen LogP) is 4.65. The lowest BCUT2D eigenvalue weighted by Crippen LogP contribution is -2.23. The van der Waals surface area contributed by atoms with Crippen molar-refractivity contribution >= 4 is 34.3 Å². The molecule has 3 aromatic heterocycles. The van der Waals surface area contributed by atoms with Gasteiger partial charge in [0, 0.05) is 23.9 Å². The molecular formula is C26H28ClN7O. The van der Waals surface area contributed by atoms with E-state index >= 15 is 0 Å².